The first-order valence-corrected chi connectivity index (χ1v) is 5.70. The van der Waals surface area contributed by atoms with Crippen LogP contribution >= 0.6 is 0 Å². The van der Waals surface area contributed by atoms with Crippen LogP contribution in [0.5, 0.6) is 0 Å². The van der Waals surface area contributed by atoms with E-state index in [4.69, 9.17) is 0 Å². The van der Waals surface area contributed by atoms with E-state index in [1.807, 2.05) is 0 Å². The number of non-ortho nitro benzene ring substituents is 1. The Morgan fingerprint density at radius 1 is 1.38 bits per heavy atom. The molecule has 0 unspecified atom stereocenters. The van der Waals surface area contributed by atoms with Crippen molar-refractivity contribution in [2.75, 3.05) is 5.75 Å². The Bertz CT molecular complexity index is 515. The molecule has 5 nitrogen and oxygen atoms in total. The van der Waals surface area contributed by atoms with Crippen molar-refractivity contribution in [3.05, 3.63) is 39.7 Å². The number of nitrogens with zero attached hydrogens (tertiary/aromatic N) is 1. The molecule has 0 radical (unpaired) electrons. The van der Waals surface area contributed by atoms with Gasteiger partial charge in [-0.15, -0.1) is 3.89 Å². The van der Waals surface area contributed by atoms with Gasteiger partial charge in [0.15, 0.2) is 0 Å². The lowest BCUT2D eigenvalue weighted by atomic mass is 10.1. The molecule has 0 N–H and O–H groups in total. The molecule has 0 spiro atoms. The second kappa shape index (κ2) is 4.52. The third kappa shape index (κ3) is 3.54. The minimum absolute atomic E-state index is 0.199. The first-order valence-electron chi connectivity index (χ1n) is 4.15. The highest BCUT2D eigenvalue weighted by Crippen LogP contribution is 2.17. The van der Waals surface area contributed by atoms with E-state index in [2.05, 4.69) is 0 Å². The van der Waals surface area contributed by atoms with Crippen molar-refractivity contribution in [1.29, 1.82) is 0 Å². The number of benzene rings is 1. The predicted molar refractivity (Wildman–Crippen MR) is 51.7 cm³/mol. The molecule has 0 aromatic heterocycles. The molecule has 1 aromatic carbocycles. The van der Waals surface area contributed by atoms with Crippen molar-refractivity contribution in [3.63, 3.8) is 0 Å². The minimum atomic E-state index is -4.71. The van der Waals surface area contributed by atoms with Gasteiger partial charge < -0.3 is 0 Å². The fraction of sp³-hybridized carbons (Fsp3) is 0.250. The first-order chi connectivity index (χ1) is 7.29. The van der Waals surface area contributed by atoms with E-state index in [0.29, 0.717) is 0 Å². The van der Waals surface area contributed by atoms with Crippen LogP contribution in [0.25, 0.3) is 0 Å². The van der Waals surface area contributed by atoms with Gasteiger partial charge in [0.2, 0.25) is 0 Å². The zero-order chi connectivity index (χ0) is 12.3. The summed E-state index contributed by atoms with van der Waals surface area (Å²) in [6.45, 7) is 0. The van der Waals surface area contributed by atoms with Crippen molar-refractivity contribution in [2.24, 2.45) is 0 Å². The molecule has 0 saturated carbocycles. The predicted octanol–water partition coefficient (Wildman–Crippen LogP) is 1.58. The fourth-order valence-corrected chi connectivity index (χ4v) is 1.56. The molecule has 8 heteroatoms. The van der Waals surface area contributed by atoms with Gasteiger partial charge in [0.05, 0.1) is 10.7 Å². The molecule has 0 amide bonds. The van der Waals surface area contributed by atoms with Gasteiger partial charge in [-0.1, -0.05) is 0 Å². The molecule has 16 heavy (non-hydrogen) atoms. The monoisotopic (exact) mass is 251 g/mol. The van der Waals surface area contributed by atoms with E-state index in [1.54, 1.807) is 0 Å². The van der Waals surface area contributed by atoms with Crippen molar-refractivity contribution in [1.82, 2.24) is 0 Å². The smallest absolute Gasteiger partial charge is 0.258 e. The van der Waals surface area contributed by atoms with Crippen LogP contribution in [0.15, 0.2) is 18.2 Å². The Balaban J connectivity index is 2.95. The summed E-state index contributed by atoms with van der Waals surface area (Å²) in [4.78, 5) is 9.61. The average molecular weight is 251 g/mol. The summed E-state index contributed by atoms with van der Waals surface area (Å²) in [6, 6.07) is 2.68. The van der Waals surface area contributed by atoms with Gasteiger partial charge >= 0.3 is 10.2 Å². The van der Waals surface area contributed by atoms with Crippen molar-refractivity contribution in [2.45, 2.75) is 6.42 Å². The molecule has 88 valence electrons. The molecule has 0 aliphatic rings. The van der Waals surface area contributed by atoms with Crippen LogP contribution in [0.4, 0.5) is 14.0 Å². The standard InChI is InChI=1S/C8H7F2NO4S/c9-8-2-1-7(11(12)13)5-6(8)3-4-16(10,14)15/h1-2,5H,3-4H2. The van der Waals surface area contributed by atoms with Gasteiger partial charge in [-0.25, -0.2) is 4.39 Å². The van der Waals surface area contributed by atoms with Gasteiger partial charge in [-0.05, 0) is 18.1 Å². The third-order valence-corrected chi connectivity index (χ3v) is 2.55. The molecule has 0 aliphatic carbocycles. The maximum Gasteiger partial charge on any atom is 0.302 e. The van der Waals surface area contributed by atoms with Gasteiger partial charge in [-0.2, -0.15) is 8.42 Å². The Kier molecular flexibility index (Phi) is 3.53. The lowest BCUT2D eigenvalue weighted by Gasteiger charge is -2.00. The van der Waals surface area contributed by atoms with Gasteiger partial charge in [0, 0.05) is 12.1 Å². The average Bonchev–Trinajstić information content (AvgIpc) is 2.14. The number of rotatable bonds is 4. The lowest BCUT2D eigenvalue weighted by Crippen LogP contribution is -2.04. The maximum absolute atomic E-state index is 13.1. The van der Waals surface area contributed by atoms with E-state index < -0.39 is 33.1 Å². The highest BCUT2D eigenvalue weighted by atomic mass is 32.3. The van der Waals surface area contributed by atoms with E-state index in [0.717, 1.165) is 18.2 Å². The van der Waals surface area contributed by atoms with Crippen LogP contribution < -0.4 is 0 Å². The third-order valence-electron chi connectivity index (χ3n) is 1.86. The molecular formula is C8H7F2NO4S. The normalized spacial score (nSPS) is 11.4. The largest absolute Gasteiger partial charge is 0.302 e. The van der Waals surface area contributed by atoms with Crippen molar-refractivity contribution >= 4 is 15.9 Å². The quantitative estimate of drug-likeness (QED) is 0.462. The van der Waals surface area contributed by atoms with Crippen molar-refractivity contribution < 1.29 is 21.6 Å². The Hall–Kier alpha value is -1.57. The lowest BCUT2D eigenvalue weighted by molar-refractivity contribution is -0.385. The number of halogens is 2. The van der Waals surface area contributed by atoms with Crippen LogP contribution in [0, 0.1) is 15.9 Å². The van der Waals surface area contributed by atoms with Crippen LogP contribution in [-0.4, -0.2) is 19.1 Å². The van der Waals surface area contributed by atoms with Crippen LogP contribution in [0.3, 0.4) is 0 Å². The SMILES string of the molecule is O=[N+]([O-])c1ccc(F)c(CCS(=O)(=O)F)c1. The Labute approximate surface area is 90.1 Å². The van der Waals surface area contributed by atoms with Crippen LogP contribution in [-0.2, 0) is 16.6 Å². The number of nitro benzene ring substituents is 1. The molecule has 0 aliphatic heterocycles. The molecule has 1 rings (SSSR count). The van der Waals surface area contributed by atoms with E-state index in [-0.39, 0.29) is 11.3 Å². The summed E-state index contributed by atoms with van der Waals surface area (Å²) in [5, 5.41) is 10.4. The van der Waals surface area contributed by atoms with E-state index in [9.17, 15) is 26.8 Å². The van der Waals surface area contributed by atoms with Crippen LogP contribution in [0.2, 0.25) is 0 Å². The Morgan fingerprint density at radius 3 is 2.50 bits per heavy atom. The molecule has 0 saturated heterocycles. The molecular weight excluding hydrogens is 244 g/mol. The summed E-state index contributed by atoms with van der Waals surface area (Å²) in [5.74, 6) is -1.69. The van der Waals surface area contributed by atoms with Crippen molar-refractivity contribution in [3.8, 4) is 0 Å². The summed E-state index contributed by atoms with van der Waals surface area (Å²) < 4.78 is 45.7. The fourth-order valence-electron chi connectivity index (χ4n) is 1.10. The number of hydrogen-bond acceptors (Lipinski definition) is 4. The zero-order valence-electron chi connectivity index (χ0n) is 7.89. The molecule has 0 bridgehead atoms. The summed E-state index contributed by atoms with van der Waals surface area (Å²) >= 11 is 0. The summed E-state index contributed by atoms with van der Waals surface area (Å²) in [6.07, 6.45) is -0.438. The van der Waals surface area contributed by atoms with E-state index >= 15 is 0 Å². The number of aryl methyl sites for hydroxylation is 1. The summed E-state index contributed by atoms with van der Waals surface area (Å²) in [5.41, 5.74) is -0.567. The molecule has 0 fully saturated rings. The van der Waals surface area contributed by atoms with Gasteiger partial charge in [0.1, 0.15) is 5.82 Å². The number of nitro groups is 1. The van der Waals surface area contributed by atoms with Crippen LogP contribution in [0.1, 0.15) is 5.56 Å². The molecule has 0 atom stereocenters. The highest BCUT2D eigenvalue weighted by molar-refractivity contribution is 7.86. The maximum atomic E-state index is 13.1. The molecule has 1 aromatic rings. The number of hydrogen-bond donors (Lipinski definition) is 0. The molecule has 0 heterocycles. The zero-order valence-corrected chi connectivity index (χ0v) is 8.71. The van der Waals surface area contributed by atoms with E-state index in [1.165, 1.54) is 0 Å². The highest BCUT2D eigenvalue weighted by Gasteiger charge is 2.14. The topological polar surface area (TPSA) is 77.3 Å². The first kappa shape index (κ1) is 12.5. The second-order valence-electron chi connectivity index (χ2n) is 3.03. The summed E-state index contributed by atoms with van der Waals surface area (Å²) in [7, 11) is -4.71. The Morgan fingerprint density at radius 2 is 2.00 bits per heavy atom. The van der Waals surface area contributed by atoms with Gasteiger partial charge in [0.25, 0.3) is 5.69 Å². The minimum Gasteiger partial charge on any atom is -0.258 e. The van der Waals surface area contributed by atoms with Gasteiger partial charge in [-0.3, -0.25) is 10.1 Å². The second-order valence-corrected chi connectivity index (χ2v) is 4.51.